The fourth-order valence-corrected chi connectivity index (χ4v) is 6.39. The van der Waals surface area contributed by atoms with E-state index >= 15 is 0 Å². The zero-order valence-corrected chi connectivity index (χ0v) is 28.5. The second-order valence-electron chi connectivity index (χ2n) is 13.1. The number of fused-ring (bicyclic) bond motifs is 1. The third-order valence-electron chi connectivity index (χ3n) is 9.36. The molecule has 0 bridgehead atoms. The first kappa shape index (κ1) is 35.3. The highest BCUT2D eigenvalue weighted by molar-refractivity contribution is 5.94. The highest BCUT2D eigenvalue weighted by atomic mass is 16.6. The molecule has 4 aromatic carbocycles. The molecular formula is C40H43N5O6. The standard InChI is InChI=1S/C40H43N5O6/c1-40(51-39(50)43-33-10-6-5-9-30(33)28-7-3-2-4-8-28)19-22-45(23-20-40)24-21-42-38(49)29-13-11-27(12-14-29)25-41-26-35(47)31-15-17-34(46)37-32(31)16-18-36(48)44-37/h2-18,35,41,46-47H,19-26H2,1H3,(H,42,49)(H,43,50)(H,44,48)/t35-/m0/s1. The van der Waals surface area contributed by atoms with Gasteiger partial charge in [-0.25, -0.2) is 4.79 Å². The van der Waals surface area contributed by atoms with Crippen LogP contribution in [0.5, 0.6) is 5.75 Å². The Kier molecular flexibility index (Phi) is 11.1. The summed E-state index contributed by atoms with van der Waals surface area (Å²) in [5, 5.41) is 30.6. The van der Waals surface area contributed by atoms with Crippen molar-refractivity contribution in [3.05, 3.63) is 130 Å². The molecule has 6 N–H and O–H groups in total. The summed E-state index contributed by atoms with van der Waals surface area (Å²) in [6.45, 7) is 5.38. The molecule has 0 saturated carbocycles. The number of ether oxygens (including phenoxy) is 1. The van der Waals surface area contributed by atoms with Crippen molar-refractivity contribution in [3.63, 3.8) is 0 Å². The van der Waals surface area contributed by atoms with E-state index in [1.165, 1.54) is 12.1 Å². The van der Waals surface area contributed by atoms with Gasteiger partial charge >= 0.3 is 6.09 Å². The third-order valence-corrected chi connectivity index (χ3v) is 9.36. The number of pyridine rings is 1. The van der Waals surface area contributed by atoms with Gasteiger partial charge in [0, 0.05) is 61.8 Å². The molecule has 11 heteroatoms. The molecule has 1 aliphatic rings. The molecule has 1 atom stereocenters. The summed E-state index contributed by atoms with van der Waals surface area (Å²) < 4.78 is 5.93. The zero-order valence-electron chi connectivity index (χ0n) is 28.5. The summed E-state index contributed by atoms with van der Waals surface area (Å²) in [6.07, 6.45) is 0.0442. The van der Waals surface area contributed by atoms with E-state index in [9.17, 15) is 24.6 Å². The lowest BCUT2D eigenvalue weighted by atomic mass is 9.93. The Hall–Kier alpha value is -5.49. The van der Waals surface area contributed by atoms with Crippen molar-refractivity contribution in [2.75, 3.05) is 38.0 Å². The molecule has 0 unspecified atom stereocenters. The number of para-hydroxylation sites is 1. The van der Waals surface area contributed by atoms with E-state index in [1.807, 2.05) is 73.7 Å². The number of phenols is 1. The minimum Gasteiger partial charge on any atom is -0.506 e. The fourth-order valence-electron chi connectivity index (χ4n) is 6.39. The van der Waals surface area contributed by atoms with Gasteiger partial charge in [-0.2, -0.15) is 0 Å². The van der Waals surface area contributed by atoms with Crippen LogP contribution in [-0.4, -0.2) is 70.4 Å². The maximum absolute atomic E-state index is 12.9. The first-order valence-corrected chi connectivity index (χ1v) is 17.2. The molecule has 5 aromatic rings. The van der Waals surface area contributed by atoms with E-state index in [0.29, 0.717) is 60.2 Å². The van der Waals surface area contributed by atoms with E-state index in [-0.39, 0.29) is 23.8 Å². The number of anilines is 1. The van der Waals surface area contributed by atoms with Crippen LogP contribution in [-0.2, 0) is 11.3 Å². The monoisotopic (exact) mass is 689 g/mol. The van der Waals surface area contributed by atoms with Gasteiger partial charge in [0.1, 0.15) is 11.4 Å². The Bertz CT molecular complexity index is 2020. The number of hydrogen-bond acceptors (Lipinski definition) is 8. The number of carbonyl (C=O) groups is 2. The minimum atomic E-state index is -0.863. The number of aromatic nitrogens is 1. The second-order valence-corrected chi connectivity index (χ2v) is 13.1. The van der Waals surface area contributed by atoms with Gasteiger partial charge in [0.15, 0.2) is 0 Å². The van der Waals surface area contributed by atoms with Crippen LogP contribution in [0.25, 0.3) is 22.0 Å². The van der Waals surface area contributed by atoms with E-state index in [2.05, 4.69) is 25.8 Å². The molecule has 1 aliphatic heterocycles. The second kappa shape index (κ2) is 16.0. The summed E-state index contributed by atoms with van der Waals surface area (Å²) in [7, 11) is 0. The molecule has 264 valence electrons. The number of aliphatic hydroxyl groups is 1. The number of aromatic amines is 1. The summed E-state index contributed by atoms with van der Waals surface area (Å²) in [4.78, 5) is 42.3. The lowest BCUT2D eigenvalue weighted by Gasteiger charge is -2.38. The van der Waals surface area contributed by atoms with Gasteiger partial charge in [-0.15, -0.1) is 0 Å². The van der Waals surface area contributed by atoms with Crippen molar-refractivity contribution in [2.45, 2.75) is 38.0 Å². The molecule has 2 amide bonds. The summed E-state index contributed by atoms with van der Waals surface area (Å²) >= 11 is 0. The number of hydrogen-bond donors (Lipinski definition) is 6. The first-order chi connectivity index (χ1) is 24.7. The predicted octanol–water partition coefficient (Wildman–Crippen LogP) is 5.56. The first-order valence-electron chi connectivity index (χ1n) is 17.2. The van der Waals surface area contributed by atoms with Gasteiger partial charge < -0.3 is 35.5 Å². The molecule has 6 rings (SSSR count). The molecule has 2 heterocycles. The summed E-state index contributed by atoms with van der Waals surface area (Å²) in [5.74, 6) is -0.208. The number of nitrogens with zero attached hydrogens (tertiary/aromatic N) is 1. The molecule has 1 saturated heterocycles. The quantitative estimate of drug-likeness (QED) is 0.0996. The van der Waals surface area contributed by atoms with Crippen LogP contribution >= 0.6 is 0 Å². The molecule has 11 nitrogen and oxygen atoms in total. The van der Waals surface area contributed by atoms with Gasteiger partial charge in [-0.05, 0) is 66.8 Å². The predicted molar refractivity (Wildman–Crippen MR) is 198 cm³/mol. The Morgan fingerprint density at radius 2 is 1.65 bits per heavy atom. The largest absolute Gasteiger partial charge is 0.506 e. The number of likely N-dealkylation sites (tertiary alicyclic amines) is 1. The Balaban J connectivity index is 0.902. The van der Waals surface area contributed by atoms with Gasteiger partial charge in [0.25, 0.3) is 5.91 Å². The topological polar surface area (TPSA) is 156 Å². The number of aromatic hydroxyl groups is 1. The molecule has 0 radical (unpaired) electrons. The average molecular weight is 690 g/mol. The zero-order chi connectivity index (χ0) is 35.8. The van der Waals surface area contributed by atoms with Crippen LogP contribution in [0.1, 0.15) is 47.4 Å². The van der Waals surface area contributed by atoms with E-state index < -0.39 is 17.8 Å². The summed E-state index contributed by atoms with van der Waals surface area (Å²) in [6, 6.07) is 30.9. The van der Waals surface area contributed by atoms with Gasteiger partial charge in [-0.3, -0.25) is 14.9 Å². The number of piperidine rings is 1. The number of carbonyl (C=O) groups excluding carboxylic acids is 2. The van der Waals surface area contributed by atoms with E-state index in [1.54, 1.807) is 24.3 Å². The van der Waals surface area contributed by atoms with Crippen LogP contribution in [0.15, 0.2) is 108 Å². The lowest BCUT2D eigenvalue weighted by molar-refractivity contribution is -0.0158. The number of amides is 2. The van der Waals surface area contributed by atoms with Crippen molar-refractivity contribution in [3.8, 4) is 16.9 Å². The summed E-state index contributed by atoms with van der Waals surface area (Å²) in [5.41, 5.74) is 4.13. The SMILES string of the molecule is CC1(OC(=O)Nc2ccccc2-c2ccccc2)CCN(CCNC(=O)c2ccc(CNC[C@H](O)c3ccc(O)c4[nH]c(=O)ccc34)cc2)CC1. The van der Waals surface area contributed by atoms with E-state index in [4.69, 9.17) is 4.74 Å². The smallest absolute Gasteiger partial charge is 0.412 e. The normalized spacial score (nSPS) is 14.9. The van der Waals surface area contributed by atoms with Gasteiger partial charge in [-0.1, -0.05) is 66.7 Å². The number of rotatable bonds is 12. The van der Waals surface area contributed by atoms with E-state index in [0.717, 1.165) is 29.8 Å². The third kappa shape index (κ3) is 9.01. The molecule has 0 aliphatic carbocycles. The van der Waals surface area contributed by atoms with Crippen molar-refractivity contribution in [2.24, 2.45) is 0 Å². The Labute approximate surface area is 296 Å². The molecule has 1 fully saturated rings. The van der Waals surface area contributed by atoms with Gasteiger partial charge in [0.2, 0.25) is 5.56 Å². The van der Waals surface area contributed by atoms with Gasteiger partial charge in [0.05, 0.1) is 17.3 Å². The number of benzene rings is 4. The molecule has 0 spiro atoms. The minimum absolute atomic E-state index is 0.0551. The average Bonchev–Trinajstić information content (AvgIpc) is 3.13. The van der Waals surface area contributed by atoms with Crippen LogP contribution in [0.3, 0.4) is 0 Å². The van der Waals surface area contributed by atoms with Crippen LogP contribution < -0.4 is 21.5 Å². The highest BCUT2D eigenvalue weighted by Gasteiger charge is 2.34. The maximum Gasteiger partial charge on any atom is 0.412 e. The van der Waals surface area contributed by atoms with Crippen molar-refractivity contribution >= 4 is 28.6 Å². The van der Waals surface area contributed by atoms with Crippen molar-refractivity contribution in [1.29, 1.82) is 0 Å². The highest BCUT2D eigenvalue weighted by Crippen LogP contribution is 2.31. The number of aliphatic hydroxyl groups excluding tert-OH is 1. The van der Waals surface area contributed by atoms with Crippen LogP contribution in [0.4, 0.5) is 10.5 Å². The fraction of sp³-hybridized carbons (Fsp3) is 0.275. The van der Waals surface area contributed by atoms with Crippen molar-refractivity contribution < 1.29 is 24.5 Å². The van der Waals surface area contributed by atoms with Crippen LogP contribution in [0.2, 0.25) is 0 Å². The Morgan fingerprint density at radius 1 is 0.922 bits per heavy atom. The number of nitrogens with one attached hydrogen (secondary N) is 4. The Morgan fingerprint density at radius 3 is 2.41 bits per heavy atom. The molecule has 51 heavy (non-hydrogen) atoms. The molecule has 1 aromatic heterocycles. The number of phenolic OH excluding ortho intramolecular Hbond substituents is 1. The lowest BCUT2D eigenvalue weighted by Crippen LogP contribution is -2.47. The molecular weight excluding hydrogens is 646 g/mol. The van der Waals surface area contributed by atoms with Crippen molar-refractivity contribution in [1.82, 2.24) is 20.5 Å². The van der Waals surface area contributed by atoms with Crippen LogP contribution in [0, 0.1) is 0 Å². The maximum atomic E-state index is 12.9. The number of H-pyrrole nitrogens is 1.